The van der Waals surface area contributed by atoms with Crippen LogP contribution in [0.3, 0.4) is 0 Å². The molecule has 3 nitrogen and oxygen atoms in total. The maximum absolute atomic E-state index is 13.5. The van der Waals surface area contributed by atoms with E-state index in [2.05, 4.69) is 10.6 Å². The number of amides is 1. The molecule has 0 fully saturated rings. The van der Waals surface area contributed by atoms with Crippen molar-refractivity contribution in [3.05, 3.63) is 34.6 Å². The van der Waals surface area contributed by atoms with E-state index in [1.807, 2.05) is 6.92 Å². The molecule has 0 heterocycles. The van der Waals surface area contributed by atoms with E-state index in [-0.39, 0.29) is 10.9 Å². The monoisotopic (exact) mass is 258 g/mol. The Hall–Kier alpha value is -1.13. The minimum absolute atomic E-state index is 0.00781. The second kappa shape index (κ2) is 7.25. The molecule has 1 aromatic carbocycles. The lowest BCUT2D eigenvalue weighted by molar-refractivity contribution is -0.120. The lowest BCUT2D eigenvalue weighted by Gasteiger charge is -2.06. The predicted octanol–water partition coefficient (Wildman–Crippen LogP) is 2.09. The molecular formula is C12H16ClFN2O. The van der Waals surface area contributed by atoms with E-state index in [1.54, 1.807) is 12.1 Å². The van der Waals surface area contributed by atoms with E-state index < -0.39 is 5.82 Å². The predicted molar refractivity (Wildman–Crippen MR) is 66.4 cm³/mol. The SMILES string of the molecule is CCNC(=O)CCNCc1cccc(Cl)c1F. The average Bonchev–Trinajstić information content (AvgIpc) is 2.30. The Bertz CT molecular complexity index is 385. The highest BCUT2D eigenvalue weighted by molar-refractivity contribution is 6.30. The first-order chi connectivity index (χ1) is 8.15. The van der Waals surface area contributed by atoms with Gasteiger partial charge in [-0.1, -0.05) is 23.7 Å². The maximum atomic E-state index is 13.5. The van der Waals surface area contributed by atoms with Crippen LogP contribution in [0.1, 0.15) is 18.9 Å². The fraction of sp³-hybridized carbons (Fsp3) is 0.417. The minimum Gasteiger partial charge on any atom is -0.356 e. The van der Waals surface area contributed by atoms with Gasteiger partial charge in [-0.3, -0.25) is 4.79 Å². The van der Waals surface area contributed by atoms with Crippen LogP contribution in [0.5, 0.6) is 0 Å². The van der Waals surface area contributed by atoms with E-state index in [0.717, 1.165) is 0 Å². The third kappa shape index (κ3) is 4.71. The molecule has 1 rings (SSSR count). The van der Waals surface area contributed by atoms with E-state index in [9.17, 15) is 9.18 Å². The summed E-state index contributed by atoms with van der Waals surface area (Å²) in [7, 11) is 0. The van der Waals surface area contributed by atoms with Crippen molar-refractivity contribution in [3.8, 4) is 0 Å². The van der Waals surface area contributed by atoms with Crippen molar-refractivity contribution in [2.45, 2.75) is 19.9 Å². The number of hydrogen-bond acceptors (Lipinski definition) is 2. The lowest BCUT2D eigenvalue weighted by atomic mass is 10.2. The summed E-state index contributed by atoms with van der Waals surface area (Å²) >= 11 is 5.65. The first-order valence-electron chi connectivity index (χ1n) is 5.55. The molecule has 0 unspecified atom stereocenters. The van der Waals surface area contributed by atoms with Crippen LogP contribution in [0.4, 0.5) is 4.39 Å². The van der Waals surface area contributed by atoms with Crippen LogP contribution in [0, 0.1) is 5.82 Å². The summed E-state index contributed by atoms with van der Waals surface area (Å²) in [5.41, 5.74) is 0.508. The molecule has 0 aliphatic heterocycles. The topological polar surface area (TPSA) is 41.1 Å². The number of carbonyl (C=O) groups is 1. The second-order valence-corrected chi connectivity index (χ2v) is 4.00. The van der Waals surface area contributed by atoms with Crippen molar-refractivity contribution in [1.29, 1.82) is 0 Å². The summed E-state index contributed by atoms with van der Waals surface area (Å²) in [5.74, 6) is -0.411. The third-order valence-electron chi connectivity index (χ3n) is 2.25. The molecule has 1 aromatic rings. The first-order valence-corrected chi connectivity index (χ1v) is 5.93. The average molecular weight is 259 g/mol. The fourth-order valence-corrected chi connectivity index (χ4v) is 1.59. The molecule has 2 N–H and O–H groups in total. The van der Waals surface area contributed by atoms with Crippen LogP contribution in [0.25, 0.3) is 0 Å². The molecular weight excluding hydrogens is 243 g/mol. The van der Waals surface area contributed by atoms with Crippen LogP contribution in [0.15, 0.2) is 18.2 Å². The van der Waals surface area contributed by atoms with Gasteiger partial charge in [-0.15, -0.1) is 0 Å². The van der Waals surface area contributed by atoms with Crippen molar-refractivity contribution in [2.75, 3.05) is 13.1 Å². The zero-order chi connectivity index (χ0) is 12.7. The second-order valence-electron chi connectivity index (χ2n) is 3.59. The number of benzene rings is 1. The van der Waals surface area contributed by atoms with Crippen molar-refractivity contribution in [1.82, 2.24) is 10.6 Å². The van der Waals surface area contributed by atoms with Gasteiger partial charge in [0.1, 0.15) is 5.82 Å². The van der Waals surface area contributed by atoms with Gasteiger partial charge in [-0.05, 0) is 13.0 Å². The van der Waals surface area contributed by atoms with Crippen LogP contribution in [-0.4, -0.2) is 19.0 Å². The zero-order valence-electron chi connectivity index (χ0n) is 9.72. The van der Waals surface area contributed by atoms with Gasteiger partial charge in [0.05, 0.1) is 5.02 Å². The number of hydrogen-bond donors (Lipinski definition) is 2. The van der Waals surface area contributed by atoms with Gasteiger partial charge in [-0.2, -0.15) is 0 Å². The van der Waals surface area contributed by atoms with E-state index in [0.29, 0.717) is 31.6 Å². The summed E-state index contributed by atoms with van der Waals surface area (Å²) in [6.07, 6.45) is 0.385. The normalized spacial score (nSPS) is 10.3. The molecule has 17 heavy (non-hydrogen) atoms. The van der Waals surface area contributed by atoms with Gasteiger partial charge in [0, 0.05) is 31.6 Å². The van der Waals surface area contributed by atoms with Gasteiger partial charge in [0.15, 0.2) is 0 Å². The largest absolute Gasteiger partial charge is 0.356 e. The summed E-state index contributed by atoms with van der Waals surface area (Å²) < 4.78 is 13.5. The van der Waals surface area contributed by atoms with Crippen LogP contribution in [-0.2, 0) is 11.3 Å². The third-order valence-corrected chi connectivity index (χ3v) is 2.54. The quantitative estimate of drug-likeness (QED) is 0.768. The highest BCUT2D eigenvalue weighted by Gasteiger charge is 2.05. The smallest absolute Gasteiger partial charge is 0.221 e. The number of nitrogens with one attached hydrogen (secondary N) is 2. The first kappa shape index (κ1) is 13.9. The summed E-state index contributed by atoms with van der Waals surface area (Å²) in [6, 6.07) is 4.88. The molecule has 94 valence electrons. The molecule has 0 atom stereocenters. The van der Waals surface area contributed by atoms with Gasteiger partial charge >= 0.3 is 0 Å². The number of carbonyl (C=O) groups excluding carboxylic acids is 1. The van der Waals surface area contributed by atoms with Gasteiger partial charge < -0.3 is 10.6 Å². The minimum atomic E-state index is -0.403. The molecule has 1 amide bonds. The molecule has 0 spiro atoms. The van der Waals surface area contributed by atoms with Gasteiger partial charge in [-0.25, -0.2) is 4.39 Å². The van der Waals surface area contributed by atoms with Gasteiger partial charge in [0.2, 0.25) is 5.91 Å². The Kier molecular flexibility index (Phi) is 5.94. The highest BCUT2D eigenvalue weighted by atomic mass is 35.5. The fourth-order valence-electron chi connectivity index (χ4n) is 1.40. The molecule has 0 saturated carbocycles. The molecule has 0 bridgehead atoms. The Balaban J connectivity index is 2.31. The Morgan fingerprint density at radius 3 is 2.94 bits per heavy atom. The van der Waals surface area contributed by atoms with Crippen molar-refractivity contribution in [3.63, 3.8) is 0 Å². The number of halogens is 2. The molecule has 0 aliphatic carbocycles. The molecule has 0 saturated heterocycles. The van der Waals surface area contributed by atoms with E-state index in [4.69, 9.17) is 11.6 Å². The van der Waals surface area contributed by atoms with Gasteiger partial charge in [0.25, 0.3) is 0 Å². The van der Waals surface area contributed by atoms with Crippen molar-refractivity contribution < 1.29 is 9.18 Å². The Morgan fingerprint density at radius 1 is 1.47 bits per heavy atom. The van der Waals surface area contributed by atoms with Crippen molar-refractivity contribution in [2.24, 2.45) is 0 Å². The lowest BCUT2D eigenvalue weighted by Crippen LogP contribution is -2.27. The van der Waals surface area contributed by atoms with Crippen LogP contribution >= 0.6 is 11.6 Å². The van der Waals surface area contributed by atoms with Crippen LogP contribution < -0.4 is 10.6 Å². The Morgan fingerprint density at radius 2 is 2.24 bits per heavy atom. The molecule has 0 radical (unpaired) electrons. The molecule has 5 heteroatoms. The standard InChI is InChI=1S/C12H16ClFN2O/c1-2-16-11(17)6-7-15-8-9-4-3-5-10(13)12(9)14/h3-5,15H,2,6-8H2,1H3,(H,16,17). The molecule has 0 aliphatic rings. The van der Waals surface area contributed by atoms with E-state index in [1.165, 1.54) is 6.07 Å². The summed E-state index contributed by atoms with van der Waals surface area (Å²) in [5, 5.41) is 5.81. The van der Waals surface area contributed by atoms with Crippen molar-refractivity contribution >= 4 is 17.5 Å². The Labute approximate surface area is 105 Å². The van der Waals surface area contributed by atoms with E-state index >= 15 is 0 Å². The highest BCUT2D eigenvalue weighted by Crippen LogP contribution is 2.17. The maximum Gasteiger partial charge on any atom is 0.221 e. The summed E-state index contributed by atoms with van der Waals surface area (Å²) in [6.45, 7) is 3.37. The van der Waals surface area contributed by atoms with Crippen LogP contribution in [0.2, 0.25) is 5.02 Å². The summed E-state index contributed by atoms with van der Waals surface area (Å²) in [4.78, 5) is 11.1. The molecule has 0 aromatic heterocycles. The zero-order valence-corrected chi connectivity index (χ0v) is 10.5. The number of rotatable bonds is 6.